The van der Waals surface area contributed by atoms with Crippen LogP contribution in [-0.4, -0.2) is 21.6 Å². The molecule has 8 heteroatoms. The van der Waals surface area contributed by atoms with Crippen molar-refractivity contribution in [2.24, 2.45) is 0 Å². The van der Waals surface area contributed by atoms with Gasteiger partial charge in [0.05, 0.1) is 12.2 Å². The fraction of sp³-hybridized carbons (Fsp3) is 0.450. The third kappa shape index (κ3) is 3.52. The number of ether oxygens (including phenoxy) is 1. The van der Waals surface area contributed by atoms with Gasteiger partial charge in [-0.1, -0.05) is 24.3 Å². The van der Waals surface area contributed by atoms with Crippen LogP contribution in [0.15, 0.2) is 40.1 Å². The minimum absolute atomic E-state index is 0.179. The zero-order valence-electron chi connectivity index (χ0n) is 15.4. The van der Waals surface area contributed by atoms with E-state index in [0.717, 1.165) is 42.0 Å². The SMILES string of the molecule is O=C(Cn1c(=O)c(F)cn([C@@H]2CCCO2)c1=O)N[C@H]1CCCc2ccccc21. The molecule has 2 atom stereocenters. The largest absolute Gasteiger partial charge is 0.358 e. The van der Waals surface area contributed by atoms with Crippen LogP contribution in [0.2, 0.25) is 0 Å². The molecule has 0 spiro atoms. The molecule has 0 unspecified atom stereocenters. The minimum Gasteiger partial charge on any atom is -0.358 e. The fourth-order valence-corrected chi connectivity index (χ4v) is 4.00. The molecule has 4 rings (SSSR count). The van der Waals surface area contributed by atoms with Gasteiger partial charge in [0.25, 0.3) is 5.56 Å². The number of benzene rings is 1. The minimum atomic E-state index is -1.10. The molecule has 0 radical (unpaired) electrons. The van der Waals surface area contributed by atoms with Crippen LogP contribution in [0.5, 0.6) is 0 Å². The molecule has 2 heterocycles. The molecule has 1 amide bonds. The van der Waals surface area contributed by atoms with Gasteiger partial charge in [-0.15, -0.1) is 0 Å². The topological polar surface area (TPSA) is 82.3 Å². The number of hydrogen-bond donors (Lipinski definition) is 1. The summed E-state index contributed by atoms with van der Waals surface area (Å²) in [5, 5.41) is 2.89. The third-order valence-corrected chi connectivity index (χ3v) is 5.38. The molecule has 7 nitrogen and oxygen atoms in total. The average molecular weight is 387 g/mol. The van der Waals surface area contributed by atoms with Crippen molar-refractivity contribution >= 4 is 5.91 Å². The van der Waals surface area contributed by atoms with E-state index in [1.54, 1.807) is 0 Å². The first-order valence-corrected chi connectivity index (χ1v) is 9.55. The maximum atomic E-state index is 14.1. The van der Waals surface area contributed by atoms with Gasteiger partial charge in [0.1, 0.15) is 12.8 Å². The summed E-state index contributed by atoms with van der Waals surface area (Å²) in [7, 11) is 0. The molecule has 2 aromatic rings. The molecule has 1 aliphatic carbocycles. The Morgan fingerprint density at radius 2 is 2.04 bits per heavy atom. The molecule has 1 N–H and O–H groups in total. The molecule has 0 saturated carbocycles. The fourth-order valence-electron chi connectivity index (χ4n) is 4.00. The van der Waals surface area contributed by atoms with E-state index in [9.17, 15) is 18.8 Å². The van der Waals surface area contributed by atoms with Gasteiger partial charge in [-0.2, -0.15) is 4.39 Å². The number of nitrogens with zero attached hydrogens (tertiary/aromatic N) is 2. The highest BCUT2D eigenvalue weighted by molar-refractivity contribution is 5.76. The predicted octanol–water partition coefficient (Wildman–Crippen LogP) is 1.65. The summed E-state index contributed by atoms with van der Waals surface area (Å²) in [5.41, 5.74) is 0.393. The van der Waals surface area contributed by atoms with E-state index in [1.165, 1.54) is 5.56 Å². The number of rotatable bonds is 4. The van der Waals surface area contributed by atoms with Crippen LogP contribution in [0, 0.1) is 5.82 Å². The highest BCUT2D eigenvalue weighted by Gasteiger charge is 2.25. The van der Waals surface area contributed by atoms with Gasteiger partial charge in [0.15, 0.2) is 0 Å². The second-order valence-corrected chi connectivity index (χ2v) is 7.24. The van der Waals surface area contributed by atoms with Gasteiger partial charge in [-0.3, -0.25) is 14.2 Å². The number of carbonyl (C=O) groups is 1. The lowest BCUT2D eigenvalue weighted by atomic mass is 9.88. The van der Waals surface area contributed by atoms with Gasteiger partial charge in [-0.25, -0.2) is 9.36 Å². The number of fused-ring (bicyclic) bond motifs is 1. The van der Waals surface area contributed by atoms with Crippen molar-refractivity contribution in [2.45, 2.75) is 50.9 Å². The van der Waals surface area contributed by atoms with E-state index < -0.39 is 35.7 Å². The first-order valence-electron chi connectivity index (χ1n) is 9.55. The van der Waals surface area contributed by atoms with Gasteiger partial charge in [0, 0.05) is 6.61 Å². The van der Waals surface area contributed by atoms with Crippen molar-refractivity contribution in [3.8, 4) is 0 Å². The maximum Gasteiger partial charge on any atom is 0.333 e. The average Bonchev–Trinajstić information content (AvgIpc) is 3.23. The third-order valence-electron chi connectivity index (χ3n) is 5.38. The molecule has 1 aliphatic heterocycles. The summed E-state index contributed by atoms with van der Waals surface area (Å²) in [4.78, 5) is 37.4. The van der Waals surface area contributed by atoms with Crippen molar-refractivity contribution in [2.75, 3.05) is 6.61 Å². The van der Waals surface area contributed by atoms with Crippen LogP contribution >= 0.6 is 0 Å². The molecule has 148 valence electrons. The first-order chi connectivity index (χ1) is 13.5. The van der Waals surface area contributed by atoms with Crippen LogP contribution in [0.3, 0.4) is 0 Å². The van der Waals surface area contributed by atoms with Gasteiger partial charge >= 0.3 is 5.69 Å². The van der Waals surface area contributed by atoms with E-state index in [-0.39, 0.29) is 6.04 Å². The number of carbonyl (C=O) groups excluding carboxylic acids is 1. The molecule has 0 bridgehead atoms. The molecule has 1 aromatic heterocycles. The van der Waals surface area contributed by atoms with Crippen molar-refractivity contribution in [3.05, 3.63) is 68.2 Å². The summed E-state index contributed by atoms with van der Waals surface area (Å²) in [6.45, 7) is -0.0553. The number of hydrogen-bond acceptors (Lipinski definition) is 4. The summed E-state index contributed by atoms with van der Waals surface area (Å²) < 4.78 is 21.2. The Kier molecular flexibility index (Phi) is 5.13. The van der Waals surface area contributed by atoms with E-state index in [1.807, 2.05) is 24.3 Å². The van der Waals surface area contributed by atoms with Gasteiger partial charge in [-0.05, 0) is 43.2 Å². The molecular weight excluding hydrogens is 365 g/mol. The van der Waals surface area contributed by atoms with Crippen LogP contribution in [0.1, 0.15) is 49.1 Å². The number of nitrogens with one attached hydrogen (secondary N) is 1. The van der Waals surface area contributed by atoms with Crippen LogP contribution in [0.4, 0.5) is 4.39 Å². The molecular formula is C20H22FN3O4. The zero-order valence-corrected chi connectivity index (χ0v) is 15.4. The Bertz CT molecular complexity index is 1010. The quantitative estimate of drug-likeness (QED) is 0.865. The monoisotopic (exact) mass is 387 g/mol. The van der Waals surface area contributed by atoms with Crippen LogP contribution in [-0.2, 0) is 22.5 Å². The van der Waals surface area contributed by atoms with Crippen LogP contribution < -0.4 is 16.6 Å². The summed E-state index contributed by atoms with van der Waals surface area (Å²) in [6, 6.07) is 7.70. The van der Waals surface area contributed by atoms with E-state index >= 15 is 0 Å². The lowest BCUT2D eigenvalue weighted by molar-refractivity contribution is -0.122. The Balaban J connectivity index is 1.57. The Labute approximate surface area is 160 Å². The number of amides is 1. The summed E-state index contributed by atoms with van der Waals surface area (Å²) in [5.74, 6) is -1.57. The molecule has 2 aliphatic rings. The van der Waals surface area contributed by atoms with Gasteiger partial charge in [0.2, 0.25) is 11.7 Å². The van der Waals surface area contributed by atoms with E-state index in [0.29, 0.717) is 17.6 Å². The molecule has 1 saturated heterocycles. The Morgan fingerprint density at radius 3 is 2.82 bits per heavy atom. The van der Waals surface area contributed by atoms with Crippen molar-refractivity contribution in [1.29, 1.82) is 0 Å². The standard InChI is InChI=1S/C20H22FN3O4/c21-15-11-23(18-9-4-10-28-18)20(27)24(19(15)26)12-17(25)22-16-8-3-6-13-5-1-2-7-14(13)16/h1-2,5,7,11,16,18H,3-4,6,8-10,12H2,(H,22,25)/t16-,18-/m0/s1. The van der Waals surface area contributed by atoms with Crippen molar-refractivity contribution in [3.63, 3.8) is 0 Å². The second-order valence-electron chi connectivity index (χ2n) is 7.24. The van der Waals surface area contributed by atoms with Gasteiger partial charge < -0.3 is 10.1 Å². The lowest BCUT2D eigenvalue weighted by Crippen LogP contribution is -2.46. The highest BCUT2D eigenvalue weighted by atomic mass is 19.1. The van der Waals surface area contributed by atoms with Crippen molar-refractivity contribution < 1.29 is 13.9 Å². The van der Waals surface area contributed by atoms with Crippen molar-refractivity contribution in [1.82, 2.24) is 14.5 Å². The Hall–Kier alpha value is -2.74. The summed E-state index contributed by atoms with van der Waals surface area (Å²) >= 11 is 0. The second kappa shape index (κ2) is 7.71. The van der Waals surface area contributed by atoms with E-state index in [2.05, 4.69) is 5.32 Å². The Morgan fingerprint density at radius 1 is 1.21 bits per heavy atom. The summed E-state index contributed by atoms with van der Waals surface area (Å²) in [6.07, 6.45) is 4.24. The van der Waals surface area contributed by atoms with E-state index in [4.69, 9.17) is 4.74 Å². The highest BCUT2D eigenvalue weighted by Crippen LogP contribution is 2.29. The first kappa shape index (κ1) is 18.6. The molecule has 1 fully saturated rings. The predicted molar refractivity (Wildman–Crippen MR) is 99.4 cm³/mol. The molecule has 28 heavy (non-hydrogen) atoms. The van der Waals surface area contributed by atoms with Crippen LogP contribution in [0.25, 0.3) is 0 Å². The number of halogens is 1. The normalized spacial score (nSPS) is 21.3. The zero-order chi connectivity index (χ0) is 19.7. The smallest absolute Gasteiger partial charge is 0.333 e. The number of aromatic nitrogens is 2. The molecule has 1 aromatic carbocycles. The maximum absolute atomic E-state index is 14.1. The lowest BCUT2D eigenvalue weighted by Gasteiger charge is -2.26. The number of aryl methyl sites for hydroxylation is 1.